The van der Waals surface area contributed by atoms with Gasteiger partial charge >= 0.3 is 0 Å². The number of carbonyl (C=O) groups is 2. The zero-order valence-electron chi connectivity index (χ0n) is 14.7. The molecule has 0 saturated carbocycles. The molecule has 1 saturated heterocycles. The highest BCUT2D eigenvalue weighted by molar-refractivity contribution is 7.09. The lowest BCUT2D eigenvalue weighted by Crippen LogP contribution is -2.29. The zero-order valence-corrected chi connectivity index (χ0v) is 15.5. The van der Waals surface area contributed by atoms with Crippen molar-refractivity contribution in [3.63, 3.8) is 0 Å². The molecule has 26 heavy (non-hydrogen) atoms. The van der Waals surface area contributed by atoms with E-state index in [0.29, 0.717) is 26.2 Å². The van der Waals surface area contributed by atoms with E-state index in [9.17, 15) is 9.59 Å². The molecule has 2 heterocycles. The predicted molar refractivity (Wildman–Crippen MR) is 100 cm³/mol. The summed E-state index contributed by atoms with van der Waals surface area (Å²) in [4.78, 5) is 26.9. The Labute approximate surface area is 156 Å². The van der Waals surface area contributed by atoms with Crippen LogP contribution in [0.25, 0.3) is 0 Å². The monoisotopic (exact) mass is 374 g/mol. The maximum absolute atomic E-state index is 12.4. The van der Waals surface area contributed by atoms with Gasteiger partial charge in [-0.3, -0.25) is 9.59 Å². The molecular weight excluding hydrogens is 352 g/mol. The topological polar surface area (TPSA) is 97.5 Å². The predicted octanol–water partition coefficient (Wildman–Crippen LogP) is 2.29. The van der Waals surface area contributed by atoms with E-state index in [1.165, 1.54) is 0 Å². The molecule has 1 aliphatic rings. The van der Waals surface area contributed by atoms with Gasteiger partial charge < -0.3 is 20.7 Å². The van der Waals surface area contributed by atoms with Gasteiger partial charge in [0, 0.05) is 19.6 Å². The van der Waals surface area contributed by atoms with Crippen molar-refractivity contribution in [1.29, 1.82) is 0 Å². The molecule has 2 aromatic rings. The van der Waals surface area contributed by atoms with Crippen LogP contribution in [0.4, 0.5) is 5.69 Å². The number of likely N-dealkylation sites (tertiary alicyclic amines) is 1. The molecule has 7 nitrogen and oxygen atoms in total. The van der Waals surface area contributed by atoms with Crippen molar-refractivity contribution >= 4 is 29.0 Å². The SMILES string of the molecule is CCOc1cccc(CNC(=O)c2snc(C(=O)N3CCCC3)c2N)c1. The molecule has 0 bridgehead atoms. The summed E-state index contributed by atoms with van der Waals surface area (Å²) >= 11 is 0.959. The van der Waals surface area contributed by atoms with Crippen LogP contribution in [0.1, 0.15) is 45.5 Å². The van der Waals surface area contributed by atoms with Gasteiger partial charge in [0.15, 0.2) is 5.69 Å². The molecule has 3 rings (SSSR count). The Bertz CT molecular complexity index is 799. The summed E-state index contributed by atoms with van der Waals surface area (Å²) in [5, 5.41) is 2.82. The molecule has 0 unspecified atom stereocenters. The van der Waals surface area contributed by atoms with Crippen LogP contribution in [0.2, 0.25) is 0 Å². The molecule has 0 radical (unpaired) electrons. The van der Waals surface area contributed by atoms with E-state index in [-0.39, 0.29) is 28.1 Å². The Balaban J connectivity index is 1.65. The summed E-state index contributed by atoms with van der Waals surface area (Å²) in [5.74, 6) is 0.233. The average Bonchev–Trinajstić information content (AvgIpc) is 3.30. The lowest BCUT2D eigenvalue weighted by atomic mass is 10.2. The normalized spacial score (nSPS) is 13.7. The molecule has 1 fully saturated rings. The van der Waals surface area contributed by atoms with Gasteiger partial charge in [0.2, 0.25) is 0 Å². The molecule has 0 spiro atoms. The first kappa shape index (κ1) is 18.2. The van der Waals surface area contributed by atoms with Gasteiger partial charge in [-0.25, -0.2) is 0 Å². The van der Waals surface area contributed by atoms with E-state index >= 15 is 0 Å². The van der Waals surface area contributed by atoms with E-state index in [2.05, 4.69) is 9.69 Å². The number of aromatic nitrogens is 1. The Morgan fingerprint density at radius 3 is 2.85 bits per heavy atom. The number of nitrogen functional groups attached to an aromatic ring is 1. The number of hydrogen-bond donors (Lipinski definition) is 2. The molecule has 0 atom stereocenters. The van der Waals surface area contributed by atoms with E-state index < -0.39 is 0 Å². The number of ether oxygens (including phenoxy) is 1. The van der Waals surface area contributed by atoms with Crippen LogP contribution in [0.5, 0.6) is 5.75 Å². The summed E-state index contributed by atoms with van der Waals surface area (Å²) < 4.78 is 9.57. The summed E-state index contributed by atoms with van der Waals surface area (Å²) in [6, 6.07) is 7.52. The van der Waals surface area contributed by atoms with Crippen LogP contribution >= 0.6 is 11.5 Å². The van der Waals surface area contributed by atoms with Crippen LogP contribution in [-0.4, -0.2) is 40.8 Å². The van der Waals surface area contributed by atoms with Crippen LogP contribution in [0.3, 0.4) is 0 Å². The second-order valence-corrected chi connectivity index (χ2v) is 6.81. The Kier molecular flexibility index (Phi) is 5.72. The molecule has 8 heteroatoms. The van der Waals surface area contributed by atoms with Crippen molar-refractivity contribution in [1.82, 2.24) is 14.6 Å². The quantitative estimate of drug-likeness (QED) is 0.808. The van der Waals surface area contributed by atoms with Gasteiger partial charge in [-0.05, 0) is 49.0 Å². The number of amides is 2. The molecule has 138 valence electrons. The molecule has 3 N–H and O–H groups in total. The number of anilines is 1. The first-order chi connectivity index (χ1) is 12.6. The standard InChI is InChI=1S/C18H22N4O3S/c1-2-25-13-7-5-6-12(10-13)11-20-17(23)16-14(19)15(21-26-16)18(24)22-8-3-4-9-22/h5-7,10H,2-4,8-9,11,19H2,1H3,(H,20,23). The van der Waals surface area contributed by atoms with Gasteiger partial charge in [0.25, 0.3) is 11.8 Å². The van der Waals surface area contributed by atoms with Crippen LogP contribution in [0.15, 0.2) is 24.3 Å². The van der Waals surface area contributed by atoms with E-state index in [1.54, 1.807) is 4.90 Å². The number of nitrogens with one attached hydrogen (secondary N) is 1. The minimum absolute atomic E-state index is 0.160. The number of carbonyl (C=O) groups excluding carboxylic acids is 2. The number of hydrogen-bond acceptors (Lipinski definition) is 6. The fourth-order valence-electron chi connectivity index (χ4n) is 2.86. The van der Waals surface area contributed by atoms with Gasteiger partial charge in [-0.1, -0.05) is 12.1 Å². The van der Waals surface area contributed by atoms with E-state index in [0.717, 1.165) is 35.7 Å². The third-order valence-corrected chi connectivity index (χ3v) is 5.05. The lowest BCUT2D eigenvalue weighted by molar-refractivity contribution is 0.0789. The highest BCUT2D eigenvalue weighted by Crippen LogP contribution is 2.24. The summed E-state index contributed by atoms with van der Waals surface area (Å²) in [7, 11) is 0. The van der Waals surface area contributed by atoms with Crippen LogP contribution in [0, 0.1) is 0 Å². The first-order valence-corrected chi connectivity index (χ1v) is 9.42. The molecule has 1 aromatic carbocycles. The maximum atomic E-state index is 12.4. The summed E-state index contributed by atoms with van der Waals surface area (Å²) in [5.41, 5.74) is 7.28. The number of nitrogens with zero attached hydrogens (tertiary/aromatic N) is 2. The average molecular weight is 374 g/mol. The zero-order chi connectivity index (χ0) is 18.5. The van der Waals surface area contributed by atoms with Crippen molar-refractivity contribution in [3.05, 3.63) is 40.4 Å². The Morgan fingerprint density at radius 1 is 1.35 bits per heavy atom. The van der Waals surface area contributed by atoms with Crippen molar-refractivity contribution in [2.45, 2.75) is 26.3 Å². The third kappa shape index (κ3) is 3.96. The van der Waals surface area contributed by atoms with Gasteiger partial charge in [0.05, 0.1) is 12.3 Å². The highest BCUT2D eigenvalue weighted by Gasteiger charge is 2.27. The maximum Gasteiger partial charge on any atom is 0.275 e. The van der Waals surface area contributed by atoms with E-state index in [4.69, 9.17) is 10.5 Å². The highest BCUT2D eigenvalue weighted by atomic mass is 32.1. The smallest absolute Gasteiger partial charge is 0.275 e. The molecular formula is C18H22N4O3S. The van der Waals surface area contributed by atoms with Gasteiger partial charge in [-0.15, -0.1) is 0 Å². The van der Waals surface area contributed by atoms with Gasteiger partial charge in [0.1, 0.15) is 10.6 Å². The number of benzene rings is 1. The molecule has 2 amide bonds. The molecule has 1 aromatic heterocycles. The van der Waals surface area contributed by atoms with Crippen molar-refractivity contribution in [3.8, 4) is 5.75 Å². The van der Waals surface area contributed by atoms with Gasteiger partial charge in [-0.2, -0.15) is 4.37 Å². The van der Waals surface area contributed by atoms with Crippen molar-refractivity contribution in [2.24, 2.45) is 0 Å². The van der Waals surface area contributed by atoms with Crippen LogP contribution in [-0.2, 0) is 6.54 Å². The Morgan fingerprint density at radius 2 is 2.12 bits per heavy atom. The minimum atomic E-state index is -0.331. The number of nitrogens with two attached hydrogens (primary N) is 1. The number of rotatable bonds is 6. The minimum Gasteiger partial charge on any atom is -0.494 e. The van der Waals surface area contributed by atoms with Crippen molar-refractivity contribution < 1.29 is 14.3 Å². The largest absolute Gasteiger partial charge is 0.494 e. The van der Waals surface area contributed by atoms with E-state index in [1.807, 2.05) is 31.2 Å². The lowest BCUT2D eigenvalue weighted by Gasteiger charge is -2.13. The van der Waals surface area contributed by atoms with Crippen LogP contribution < -0.4 is 15.8 Å². The summed E-state index contributed by atoms with van der Waals surface area (Å²) in [6.07, 6.45) is 1.98. The fourth-order valence-corrected chi connectivity index (χ4v) is 3.57. The van der Waals surface area contributed by atoms with Crippen molar-refractivity contribution in [2.75, 3.05) is 25.4 Å². The second kappa shape index (κ2) is 8.18. The second-order valence-electron chi connectivity index (χ2n) is 6.04. The first-order valence-electron chi connectivity index (χ1n) is 8.64. The fraction of sp³-hybridized carbons (Fsp3) is 0.389. The third-order valence-electron chi connectivity index (χ3n) is 4.19. The molecule has 0 aliphatic carbocycles. The summed E-state index contributed by atoms with van der Waals surface area (Å²) in [6.45, 7) is 4.27. The molecule has 1 aliphatic heterocycles. The Hall–Kier alpha value is -2.61.